The Morgan fingerprint density at radius 2 is 1.20 bits per heavy atom. The Labute approximate surface area is 142 Å². The van der Waals surface area contributed by atoms with Gasteiger partial charge in [-0.25, -0.2) is 0 Å². The van der Waals surface area contributed by atoms with Crippen LogP contribution < -0.4 is 0 Å². The van der Waals surface area contributed by atoms with Crippen LogP contribution in [0.25, 0.3) is 11.1 Å². The molecule has 0 saturated heterocycles. The molecule has 1 aliphatic rings. The van der Waals surface area contributed by atoms with Crippen LogP contribution >= 0.6 is 0 Å². The van der Waals surface area contributed by atoms with Crippen molar-refractivity contribution < 1.29 is 18.0 Å². The molecule has 0 heterocycles. The lowest BCUT2D eigenvalue weighted by molar-refractivity contribution is -0.0885. The monoisotopic (exact) mass is 338 g/mol. The smallest absolute Gasteiger partial charge is 0.284 e. The number of hydrogen-bond donors (Lipinski definition) is 0. The first-order valence-corrected chi connectivity index (χ1v) is 7.86. The molecule has 0 N–H and O–H groups in total. The third-order valence-electron chi connectivity index (χ3n) is 4.60. The molecule has 0 atom stereocenters. The van der Waals surface area contributed by atoms with Gasteiger partial charge in [0.2, 0.25) is 0 Å². The first-order valence-electron chi connectivity index (χ1n) is 7.86. The standard InChI is InChI=1S/C21H13F3O/c22-21(23,24)20(25)14-11-9-13(10-12-14)19-17-7-3-1-5-15(17)16-6-2-4-8-18(16)19/h1-12,19H. The summed E-state index contributed by atoms with van der Waals surface area (Å²) in [6.45, 7) is 0. The SMILES string of the molecule is O=C(c1ccc(C2c3ccccc3-c3ccccc32)cc1)C(F)(F)F. The number of hydrogen-bond acceptors (Lipinski definition) is 1. The molecule has 0 unspecified atom stereocenters. The molecule has 4 rings (SSSR count). The third-order valence-corrected chi connectivity index (χ3v) is 4.60. The largest absolute Gasteiger partial charge is 0.454 e. The van der Waals surface area contributed by atoms with Gasteiger partial charge in [-0.2, -0.15) is 13.2 Å². The minimum absolute atomic E-state index is 0.0394. The van der Waals surface area contributed by atoms with Crippen molar-refractivity contribution >= 4 is 5.78 Å². The molecule has 3 aromatic rings. The quantitative estimate of drug-likeness (QED) is 0.435. The number of rotatable bonds is 2. The van der Waals surface area contributed by atoms with Crippen LogP contribution in [0.3, 0.4) is 0 Å². The van der Waals surface area contributed by atoms with Crippen molar-refractivity contribution in [2.45, 2.75) is 12.1 Å². The van der Waals surface area contributed by atoms with E-state index in [4.69, 9.17) is 0 Å². The van der Waals surface area contributed by atoms with E-state index in [2.05, 4.69) is 12.1 Å². The van der Waals surface area contributed by atoms with Gasteiger partial charge < -0.3 is 0 Å². The van der Waals surface area contributed by atoms with Crippen molar-refractivity contribution in [2.24, 2.45) is 0 Å². The predicted molar refractivity (Wildman–Crippen MR) is 89.7 cm³/mol. The Balaban J connectivity index is 1.79. The average Bonchev–Trinajstić information content (AvgIpc) is 2.95. The lowest BCUT2D eigenvalue weighted by Crippen LogP contribution is -2.22. The van der Waals surface area contributed by atoms with E-state index >= 15 is 0 Å². The molecule has 0 saturated carbocycles. The second-order valence-corrected chi connectivity index (χ2v) is 6.06. The number of Topliss-reactive ketones (excluding diaryl/α,β-unsaturated/α-hetero) is 1. The molecule has 1 aliphatic carbocycles. The summed E-state index contributed by atoms with van der Waals surface area (Å²) in [5.41, 5.74) is 5.06. The Morgan fingerprint density at radius 1 is 0.720 bits per heavy atom. The summed E-state index contributed by atoms with van der Waals surface area (Å²) >= 11 is 0. The highest BCUT2D eigenvalue weighted by Gasteiger charge is 2.39. The van der Waals surface area contributed by atoms with Gasteiger partial charge in [-0.3, -0.25) is 4.79 Å². The van der Waals surface area contributed by atoms with Gasteiger partial charge in [-0.15, -0.1) is 0 Å². The molecule has 3 aromatic carbocycles. The third kappa shape index (κ3) is 2.54. The van der Waals surface area contributed by atoms with Crippen molar-refractivity contribution in [3.63, 3.8) is 0 Å². The van der Waals surface area contributed by atoms with E-state index in [0.29, 0.717) is 0 Å². The molecular formula is C21H13F3O. The van der Waals surface area contributed by atoms with E-state index in [1.807, 2.05) is 36.4 Å². The van der Waals surface area contributed by atoms with E-state index in [1.165, 1.54) is 12.1 Å². The summed E-state index contributed by atoms with van der Waals surface area (Å²) < 4.78 is 37.7. The number of ketones is 1. The summed E-state index contributed by atoms with van der Waals surface area (Å²) in [4.78, 5) is 11.4. The molecule has 0 fully saturated rings. The van der Waals surface area contributed by atoms with Gasteiger partial charge in [0.15, 0.2) is 0 Å². The maximum Gasteiger partial charge on any atom is 0.454 e. The van der Waals surface area contributed by atoms with Gasteiger partial charge in [0.25, 0.3) is 5.78 Å². The van der Waals surface area contributed by atoms with Crippen LogP contribution in [-0.4, -0.2) is 12.0 Å². The van der Waals surface area contributed by atoms with Crippen LogP contribution in [0.1, 0.15) is 33.0 Å². The van der Waals surface area contributed by atoms with Gasteiger partial charge in [0.05, 0.1) is 0 Å². The summed E-state index contributed by atoms with van der Waals surface area (Å²) in [6.07, 6.45) is -4.85. The van der Waals surface area contributed by atoms with Crippen molar-refractivity contribution in [1.82, 2.24) is 0 Å². The first kappa shape index (κ1) is 15.6. The maximum atomic E-state index is 12.6. The van der Waals surface area contributed by atoms with Crippen LogP contribution in [-0.2, 0) is 0 Å². The van der Waals surface area contributed by atoms with Gasteiger partial charge >= 0.3 is 6.18 Å². The molecule has 0 bridgehead atoms. The minimum Gasteiger partial charge on any atom is -0.284 e. The second kappa shape index (κ2) is 5.59. The highest BCUT2D eigenvalue weighted by molar-refractivity contribution is 6.00. The van der Waals surface area contributed by atoms with E-state index in [-0.39, 0.29) is 11.5 Å². The van der Waals surface area contributed by atoms with Gasteiger partial charge in [-0.1, -0.05) is 72.8 Å². The van der Waals surface area contributed by atoms with Crippen LogP contribution in [0.5, 0.6) is 0 Å². The van der Waals surface area contributed by atoms with Crippen LogP contribution in [0.2, 0.25) is 0 Å². The Morgan fingerprint density at radius 3 is 1.68 bits per heavy atom. The van der Waals surface area contributed by atoms with Crippen LogP contribution in [0.15, 0.2) is 72.8 Å². The lowest BCUT2D eigenvalue weighted by Gasteiger charge is -2.15. The number of carbonyl (C=O) groups is 1. The fraction of sp³-hybridized carbons (Fsp3) is 0.0952. The van der Waals surface area contributed by atoms with E-state index in [0.717, 1.165) is 27.8 Å². The van der Waals surface area contributed by atoms with E-state index < -0.39 is 12.0 Å². The van der Waals surface area contributed by atoms with Crippen LogP contribution in [0, 0.1) is 0 Å². The van der Waals surface area contributed by atoms with Crippen molar-refractivity contribution in [2.75, 3.05) is 0 Å². The highest BCUT2D eigenvalue weighted by atomic mass is 19.4. The topological polar surface area (TPSA) is 17.1 Å². The summed E-state index contributed by atoms with van der Waals surface area (Å²) in [5.74, 6) is -1.85. The summed E-state index contributed by atoms with van der Waals surface area (Å²) in [5, 5.41) is 0. The molecular weight excluding hydrogens is 325 g/mol. The first-order chi connectivity index (χ1) is 12.0. The molecule has 4 heteroatoms. The minimum atomic E-state index is -4.85. The van der Waals surface area contributed by atoms with Gasteiger partial charge in [-0.05, 0) is 27.8 Å². The number of carbonyl (C=O) groups excluding carboxylic acids is 1. The molecule has 1 nitrogen and oxygen atoms in total. The number of halogens is 3. The lowest BCUT2D eigenvalue weighted by atomic mass is 9.89. The van der Waals surface area contributed by atoms with E-state index in [1.54, 1.807) is 12.1 Å². The number of alkyl halides is 3. The van der Waals surface area contributed by atoms with Crippen molar-refractivity contribution in [3.05, 3.63) is 95.1 Å². The zero-order chi connectivity index (χ0) is 17.6. The van der Waals surface area contributed by atoms with Crippen molar-refractivity contribution in [3.8, 4) is 11.1 Å². The zero-order valence-electron chi connectivity index (χ0n) is 13.0. The molecule has 0 aliphatic heterocycles. The Hall–Kier alpha value is -2.88. The van der Waals surface area contributed by atoms with Gasteiger partial charge in [0.1, 0.15) is 0 Å². The molecule has 0 amide bonds. The second-order valence-electron chi connectivity index (χ2n) is 6.06. The normalized spacial score (nSPS) is 13.4. The molecule has 124 valence electrons. The summed E-state index contributed by atoms with van der Waals surface area (Å²) in [7, 11) is 0. The zero-order valence-corrected chi connectivity index (χ0v) is 13.0. The Kier molecular flexibility index (Phi) is 3.49. The van der Waals surface area contributed by atoms with Crippen molar-refractivity contribution in [1.29, 1.82) is 0 Å². The predicted octanol–water partition coefficient (Wildman–Crippen LogP) is 5.59. The number of fused-ring (bicyclic) bond motifs is 3. The molecule has 0 radical (unpaired) electrons. The molecule has 0 aromatic heterocycles. The highest BCUT2D eigenvalue weighted by Crippen LogP contribution is 2.47. The fourth-order valence-corrected chi connectivity index (χ4v) is 3.51. The average molecular weight is 338 g/mol. The Bertz CT molecular complexity index is 910. The van der Waals surface area contributed by atoms with Crippen LogP contribution in [0.4, 0.5) is 13.2 Å². The summed E-state index contributed by atoms with van der Waals surface area (Å²) in [6, 6.07) is 21.8. The van der Waals surface area contributed by atoms with E-state index in [9.17, 15) is 18.0 Å². The molecule has 0 spiro atoms. The maximum absolute atomic E-state index is 12.6. The number of benzene rings is 3. The molecule has 25 heavy (non-hydrogen) atoms. The van der Waals surface area contributed by atoms with Gasteiger partial charge in [0, 0.05) is 11.5 Å². The fourth-order valence-electron chi connectivity index (χ4n) is 3.51.